The minimum Gasteiger partial charge on any atom is -0.487 e. The number of hydrogen-bond donors (Lipinski definition) is 1. The van der Waals surface area contributed by atoms with Crippen LogP contribution in [0.4, 0.5) is 8.78 Å². The molecular formula is C22H27F2N3O4Si. The number of nitrogens with one attached hydrogen (secondary N) is 1. The number of benzene rings is 1. The van der Waals surface area contributed by atoms with Crippen molar-refractivity contribution in [2.45, 2.75) is 58.0 Å². The van der Waals surface area contributed by atoms with E-state index in [-0.39, 0.29) is 29.9 Å². The van der Waals surface area contributed by atoms with Gasteiger partial charge >= 0.3 is 6.61 Å². The predicted molar refractivity (Wildman–Crippen MR) is 120 cm³/mol. The summed E-state index contributed by atoms with van der Waals surface area (Å²) in [7, 11) is -1.25. The highest BCUT2D eigenvalue weighted by Gasteiger charge is 2.26. The van der Waals surface area contributed by atoms with Crippen molar-refractivity contribution in [1.82, 2.24) is 14.8 Å². The Morgan fingerprint density at radius 1 is 1.22 bits per heavy atom. The number of hydrogen-bond acceptors (Lipinski definition) is 5. The molecule has 10 heteroatoms. The molecule has 0 saturated heterocycles. The molecule has 4 rings (SSSR count). The number of aromatic nitrogens is 3. The first-order valence-electron chi connectivity index (χ1n) is 10.6. The van der Waals surface area contributed by atoms with Crippen LogP contribution in [0.15, 0.2) is 35.3 Å². The van der Waals surface area contributed by atoms with Crippen LogP contribution in [0.1, 0.15) is 12.8 Å². The first-order chi connectivity index (χ1) is 15.2. The van der Waals surface area contributed by atoms with Crippen LogP contribution in [-0.2, 0) is 11.5 Å². The number of H-pyrrole nitrogens is 1. The number of nitrogens with zero attached hydrogens (tertiary/aromatic N) is 2. The van der Waals surface area contributed by atoms with Gasteiger partial charge in [-0.3, -0.25) is 4.79 Å². The highest BCUT2D eigenvalue weighted by Crippen LogP contribution is 2.38. The fourth-order valence-corrected chi connectivity index (χ4v) is 4.08. The molecule has 1 aromatic carbocycles. The van der Waals surface area contributed by atoms with Crippen LogP contribution in [0.25, 0.3) is 22.2 Å². The van der Waals surface area contributed by atoms with Crippen molar-refractivity contribution in [3.8, 4) is 22.8 Å². The molecule has 1 aliphatic carbocycles. The maximum atomic E-state index is 12.8. The maximum Gasteiger partial charge on any atom is 0.387 e. The van der Waals surface area contributed by atoms with Crippen molar-refractivity contribution in [2.75, 3.05) is 6.61 Å². The monoisotopic (exact) mass is 463 g/mol. The van der Waals surface area contributed by atoms with Gasteiger partial charge in [-0.2, -0.15) is 13.9 Å². The molecule has 0 aliphatic heterocycles. The zero-order valence-electron chi connectivity index (χ0n) is 18.4. The summed E-state index contributed by atoms with van der Waals surface area (Å²) in [4.78, 5) is 12.3. The summed E-state index contributed by atoms with van der Waals surface area (Å²) in [5, 5.41) is 6.85. The van der Waals surface area contributed by atoms with Crippen LogP contribution >= 0.6 is 0 Å². The minimum absolute atomic E-state index is 0.00747. The molecule has 3 aromatic rings. The molecule has 2 aromatic heterocycles. The lowest BCUT2D eigenvalue weighted by Gasteiger charge is -2.17. The normalized spacial score (nSPS) is 14.3. The Morgan fingerprint density at radius 2 is 2.00 bits per heavy atom. The zero-order valence-corrected chi connectivity index (χ0v) is 19.4. The smallest absolute Gasteiger partial charge is 0.387 e. The molecule has 2 heterocycles. The van der Waals surface area contributed by atoms with Gasteiger partial charge in [-0.15, -0.1) is 0 Å². The quantitative estimate of drug-likeness (QED) is 0.344. The highest BCUT2D eigenvalue weighted by molar-refractivity contribution is 6.76. The molecule has 1 N–H and O–H groups in total. The molecule has 1 fully saturated rings. The van der Waals surface area contributed by atoms with Crippen molar-refractivity contribution in [2.24, 2.45) is 0 Å². The summed E-state index contributed by atoms with van der Waals surface area (Å²) < 4.78 is 43.9. The van der Waals surface area contributed by atoms with Crippen LogP contribution in [0.2, 0.25) is 25.7 Å². The summed E-state index contributed by atoms with van der Waals surface area (Å²) in [5.41, 5.74) is 1.73. The second-order valence-corrected chi connectivity index (χ2v) is 14.8. The predicted octanol–water partition coefficient (Wildman–Crippen LogP) is 4.85. The molecule has 0 unspecified atom stereocenters. The Hall–Kier alpha value is -2.72. The van der Waals surface area contributed by atoms with Crippen molar-refractivity contribution >= 4 is 19.0 Å². The average Bonchev–Trinajstić information content (AvgIpc) is 3.44. The van der Waals surface area contributed by atoms with E-state index < -0.39 is 14.7 Å². The SMILES string of the molecule is C[Si](C)(C)CCOCn1c(-c2ccc(OC(F)F)c(OC3CC3)c2)cc2c(=O)[nH]ncc21. The number of fused-ring (bicyclic) bond motifs is 1. The lowest BCUT2D eigenvalue weighted by molar-refractivity contribution is -0.0516. The molecule has 32 heavy (non-hydrogen) atoms. The first kappa shape index (κ1) is 22.5. The largest absolute Gasteiger partial charge is 0.487 e. The Balaban J connectivity index is 1.71. The molecule has 0 amide bonds. The van der Waals surface area contributed by atoms with E-state index >= 15 is 0 Å². The van der Waals surface area contributed by atoms with E-state index in [9.17, 15) is 13.6 Å². The van der Waals surface area contributed by atoms with Crippen LogP contribution in [0.3, 0.4) is 0 Å². The van der Waals surface area contributed by atoms with Crippen LogP contribution in [0, 0.1) is 0 Å². The number of halogens is 2. The van der Waals surface area contributed by atoms with E-state index in [1.165, 1.54) is 6.07 Å². The molecular weight excluding hydrogens is 436 g/mol. The summed E-state index contributed by atoms with van der Waals surface area (Å²) in [5.74, 6) is 0.248. The summed E-state index contributed by atoms with van der Waals surface area (Å²) in [6.07, 6.45) is 3.35. The van der Waals surface area contributed by atoms with Crippen LogP contribution in [0.5, 0.6) is 11.5 Å². The summed E-state index contributed by atoms with van der Waals surface area (Å²) in [6.45, 7) is 4.74. The molecule has 0 atom stereocenters. The Kier molecular flexibility index (Phi) is 6.34. The highest BCUT2D eigenvalue weighted by atomic mass is 28.3. The summed E-state index contributed by atoms with van der Waals surface area (Å²) >= 11 is 0. The van der Waals surface area contributed by atoms with E-state index in [1.807, 2.05) is 4.57 Å². The van der Waals surface area contributed by atoms with Crippen LogP contribution in [-0.4, -0.2) is 42.2 Å². The van der Waals surface area contributed by atoms with Gasteiger partial charge in [-0.25, -0.2) is 5.10 Å². The first-order valence-corrected chi connectivity index (χ1v) is 14.3. The standard InChI is InChI=1S/C22H27F2N3O4Si/c1-32(2,3)9-8-29-13-27-17(11-16-18(27)12-25-26-21(16)28)14-4-7-19(31-22(23)24)20(10-14)30-15-5-6-15/h4,7,10-12,15,22H,5-6,8-9,13H2,1-3H3,(H,26,28). The van der Waals surface area contributed by atoms with Crippen molar-refractivity contribution < 1.29 is 23.0 Å². The van der Waals surface area contributed by atoms with Gasteiger partial charge in [-0.05, 0) is 43.2 Å². The van der Waals surface area contributed by atoms with Gasteiger partial charge in [-0.1, -0.05) is 19.6 Å². The van der Waals surface area contributed by atoms with Gasteiger partial charge < -0.3 is 18.8 Å². The molecule has 172 valence electrons. The van der Waals surface area contributed by atoms with E-state index in [1.54, 1.807) is 24.4 Å². The molecule has 1 saturated carbocycles. The molecule has 0 radical (unpaired) electrons. The third kappa shape index (κ3) is 5.36. The maximum absolute atomic E-state index is 12.8. The fraction of sp³-hybridized carbons (Fsp3) is 0.455. The van der Waals surface area contributed by atoms with Gasteiger partial charge in [0.25, 0.3) is 5.56 Å². The lowest BCUT2D eigenvalue weighted by Crippen LogP contribution is -2.22. The Morgan fingerprint density at radius 3 is 2.69 bits per heavy atom. The van der Waals surface area contributed by atoms with E-state index in [4.69, 9.17) is 9.47 Å². The molecule has 7 nitrogen and oxygen atoms in total. The third-order valence-corrected chi connectivity index (χ3v) is 6.93. The average molecular weight is 464 g/mol. The van der Waals surface area contributed by atoms with Crippen molar-refractivity contribution in [3.05, 3.63) is 40.8 Å². The van der Waals surface area contributed by atoms with E-state index in [2.05, 4.69) is 34.6 Å². The number of aromatic amines is 1. The van der Waals surface area contributed by atoms with E-state index in [0.29, 0.717) is 28.8 Å². The number of rotatable bonds is 10. The van der Waals surface area contributed by atoms with Gasteiger partial charge in [0.15, 0.2) is 11.5 Å². The van der Waals surface area contributed by atoms with Crippen LogP contribution < -0.4 is 15.0 Å². The van der Waals surface area contributed by atoms with Gasteiger partial charge in [0.1, 0.15) is 6.73 Å². The fourth-order valence-electron chi connectivity index (χ4n) is 3.33. The Labute approximate surface area is 185 Å². The molecule has 0 bridgehead atoms. The number of ether oxygens (including phenoxy) is 3. The minimum atomic E-state index is -2.95. The third-order valence-electron chi connectivity index (χ3n) is 5.23. The molecule has 1 aliphatic rings. The second-order valence-electron chi connectivity index (χ2n) is 9.16. The van der Waals surface area contributed by atoms with Crippen molar-refractivity contribution in [1.29, 1.82) is 0 Å². The lowest BCUT2D eigenvalue weighted by atomic mass is 10.1. The van der Waals surface area contributed by atoms with Gasteiger partial charge in [0.05, 0.1) is 28.9 Å². The van der Waals surface area contributed by atoms with E-state index in [0.717, 1.165) is 18.9 Å². The molecule has 0 spiro atoms. The van der Waals surface area contributed by atoms with Crippen molar-refractivity contribution in [3.63, 3.8) is 0 Å². The topological polar surface area (TPSA) is 78.4 Å². The second kappa shape index (κ2) is 9.03. The van der Waals surface area contributed by atoms with Gasteiger partial charge in [0, 0.05) is 20.2 Å². The van der Waals surface area contributed by atoms with Gasteiger partial charge in [0.2, 0.25) is 0 Å². The number of alkyl halides is 2. The summed E-state index contributed by atoms with van der Waals surface area (Å²) in [6, 6.07) is 7.58. The zero-order chi connectivity index (χ0) is 22.9. The Bertz CT molecular complexity index is 1150.